The molecule has 0 radical (unpaired) electrons. The highest BCUT2D eigenvalue weighted by molar-refractivity contribution is 6.24. The lowest BCUT2D eigenvalue weighted by Crippen LogP contribution is -1.91. The van der Waals surface area contributed by atoms with Crippen LogP contribution in [0.15, 0.2) is 108 Å². The summed E-state index contributed by atoms with van der Waals surface area (Å²) < 4.78 is 6.38. The summed E-state index contributed by atoms with van der Waals surface area (Å²) in [4.78, 5) is 13.5. The minimum absolute atomic E-state index is 0.878. The van der Waals surface area contributed by atoms with Gasteiger partial charge in [0.05, 0.1) is 11.2 Å². The molecule has 0 amide bonds. The van der Waals surface area contributed by atoms with E-state index in [2.05, 4.69) is 52.4 Å². The average Bonchev–Trinajstić information content (AvgIpc) is 3.27. The van der Waals surface area contributed by atoms with Crippen molar-refractivity contribution in [2.75, 3.05) is 0 Å². The summed E-state index contributed by atoms with van der Waals surface area (Å²) in [5.74, 6) is 0. The van der Waals surface area contributed by atoms with Gasteiger partial charge in [-0.3, -0.25) is 9.97 Å². The molecule has 0 fully saturated rings. The van der Waals surface area contributed by atoms with Crippen LogP contribution in [-0.2, 0) is 0 Å². The fourth-order valence-corrected chi connectivity index (χ4v) is 4.70. The molecule has 4 nitrogen and oxygen atoms in total. The zero-order chi connectivity index (χ0) is 21.8. The van der Waals surface area contributed by atoms with E-state index in [1.165, 1.54) is 0 Å². The summed E-state index contributed by atoms with van der Waals surface area (Å²) in [6, 6.07) is 27.0. The zero-order valence-corrected chi connectivity index (χ0v) is 17.6. The Hall–Kier alpha value is -4.57. The number of pyridine rings is 3. The number of nitrogens with zero attached hydrogens (tertiary/aromatic N) is 3. The van der Waals surface area contributed by atoms with E-state index in [-0.39, 0.29) is 0 Å². The second-order valence-electron chi connectivity index (χ2n) is 8.13. The number of aromatic nitrogens is 3. The highest BCUT2D eigenvalue weighted by Gasteiger charge is 2.17. The van der Waals surface area contributed by atoms with Crippen LogP contribution in [0.5, 0.6) is 0 Å². The van der Waals surface area contributed by atoms with Crippen molar-refractivity contribution in [3.05, 3.63) is 104 Å². The molecular weight excluding hydrogens is 406 g/mol. The number of fused-ring (bicyclic) bond motifs is 7. The van der Waals surface area contributed by atoms with E-state index in [9.17, 15) is 0 Å². The first-order valence-corrected chi connectivity index (χ1v) is 10.9. The summed E-state index contributed by atoms with van der Waals surface area (Å²) >= 11 is 0. The van der Waals surface area contributed by atoms with Crippen molar-refractivity contribution in [1.82, 2.24) is 15.0 Å². The van der Waals surface area contributed by atoms with Crippen molar-refractivity contribution in [3.63, 3.8) is 0 Å². The van der Waals surface area contributed by atoms with Crippen LogP contribution in [0.1, 0.15) is 0 Å². The Labute approximate surface area is 189 Å². The van der Waals surface area contributed by atoms with Crippen LogP contribution in [0.2, 0.25) is 0 Å². The van der Waals surface area contributed by atoms with Gasteiger partial charge in [0.2, 0.25) is 0 Å². The van der Waals surface area contributed by atoms with Crippen LogP contribution in [0.3, 0.4) is 0 Å². The molecule has 0 saturated heterocycles. The number of hydrogen-bond acceptors (Lipinski definition) is 4. The van der Waals surface area contributed by atoms with Gasteiger partial charge in [0.15, 0.2) is 0 Å². The Kier molecular flexibility index (Phi) is 3.81. The second kappa shape index (κ2) is 6.97. The normalized spacial score (nSPS) is 11.6. The first-order chi connectivity index (χ1) is 16.4. The number of para-hydroxylation sites is 1. The Balaban J connectivity index is 1.54. The maximum Gasteiger partial charge on any atom is 0.144 e. The summed E-state index contributed by atoms with van der Waals surface area (Å²) in [7, 11) is 0. The van der Waals surface area contributed by atoms with Crippen LogP contribution in [0, 0.1) is 0 Å². The molecule has 0 atom stereocenters. The minimum atomic E-state index is 0.878. The molecule has 0 spiro atoms. The van der Waals surface area contributed by atoms with Gasteiger partial charge in [-0.05, 0) is 41.5 Å². The number of rotatable bonds is 2. The molecule has 0 bridgehead atoms. The Morgan fingerprint density at radius 2 is 1.27 bits per heavy atom. The van der Waals surface area contributed by atoms with E-state index in [1.54, 1.807) is 6.20 Å². The molecule has 3 aromatic carbocycles. The van der Waals surface area contributed by atoms with Gasteiger partial charge in [0.1, 0.15) is 11.2 Å². The summed E-state index contributed by atoms with van der Waals surface area (Å²) in [6.07, 6.45) is 7.30. The van der Waals surface area contributed by atoms with E-state index in [0.29, 0.717) is 0 Å². The fraction of sp³-hybridized carbons (Fsp3) is 0. The largest absolute Gasteiger partial charge is 0.455 e. The van der Waals surface area contributed by atoms with Crippen LogP contribution < -0.4 is 0 Å². The van der Waals surface area contributed by atoms with Gasteiger partial charge in [0.25, 0.3) is 0 Å². The van der Waals surface area contributed by atoms with Crippen molar-refractivity contribution in [1.29, 1.82) is 0 Å². The molecule has 0 N–H and O–H groups in total. The lowest BCUT2D eigenvalue weighted by Gasteiger charge is -2.11. The van der Waals surface area contributed by atoms with E-state index < -0.39 is 0 Å². The predicted molar refractivity (Wildman–Crippen MR) is 133 cm³/mol. The maximum atomic E-state index is 6.38. The van der Waals surface area contributed by atoms with Crippen molar-refractivity contribution < 1.29 is 4.42 Å². The van der Waals surface area contributed by atoms with Crippen LogP contribution in [0.4, 0.5) is 0 Å². The topological polar surface area (TPSA) is 51.8 Å². The Bertz CT molecular complexity index is 1800. The van der Waals surface area contributed by atoms with E-state index >= 15 is 0 Å². The standard InChI is InChI=1S/C29H17N3O/c1-2-4-26-21(3-1)22-9-10-23-27(29(22)33-26)24-17-31-16-13-25(24)32-28(23)20-7-5-18(6-8-20)19-11-14-30-15-12-19/h1-17H. The maximum absolute atomic E-state index is 6.38. The highest BCUT2D eigenvalue weighted by Crippen LogP contribution is 2.40. The van der Waals surface area contributed by atoms with E-state index in [0.717, 1.165) is 66.0 Å². The number of benzene rings is 3. The van der Waals surface area contributed by atoms with Gasteiger partial charge in [-0.2, -0.15) is 0 Å². The van der Waals surface area contributed by atoms with E-state index in [1.807, 2.05) is 55.0 Å². The quantitative estimate of drug-likeness (QED) is 0.272. The highest BCUT2D eigenvalue weighted by atomic mass is 16.3. The molecule has 7 aromatic rings. The van der Waals surface area contributed by atoms with Crippen LogP contribution >= 0.6 is 0 Å². The smallest absolute Gasteiger partial charge is 0.144 e. The van der Waals surface area contributed by atoms with Crippen LogP contribution in [0.25, 0.3) is 66.0 Å². The molecule has 0 unspecified atom stereocenters. The molecule has 0 aliphatic carbocycles. The first-order valence-electron chi connectivity index (χ1n) is 10.9. The molecule has 154 valence electrons. The number of hydrogen-bond donors (Lipinski definition) is 0. The average molecular weight is 423 g/mol. The summed E-state index contributed by atoms with van der Waals surface area (Å²) in [6.45, 7) is 0. The third-order valence-corrected chi connectivity index (χ3v) is 6.27. The summed E-state index contributed by atoms with van der Waals surface area (Å²) in [5, 5.41) is 5.32. The third kappa shape index (κ3) is 2.74. The third-order valence-electron chi connectivity index (χ3n) is 6.27. The number of furan rings is 1. The molecule has 4 aromatic heterocycles. The van der Waals surface area contributed by atoms with E-state index in [4.69, 9.17) is 9.40 Å². The lowest BCUT2D eigenvalue weighted by atomic mass is 9.97. The fourth-order valence-electron chi connectivity index (χ4n) is 4.70. The van der Waals surface area contributed by atoms with Crippen molar-refractivity contribution in [3.8, 4) is 22.4 Å². The summed E-state index contributed by atoms with van der Waals surface area (Å²) in [5.41, 5.74) is 6.96. The van der Waals surface area contributed by atoms with Crippen molar-refractivity contribution in [2.45, 2.75) is 0 Å². The van der Waals surface area contributed by atoms with Gasteiger partial charge in [-0.15, -0.1) is 0 Å². The molecule has 0 aliphatic rings. The van der Waals surface area contributed by atoms with Gasteiger partial charge in [-0.1, -0.05) is 48.5 Å². The SMILES string of the molecule is c1ccc2c(c1)oc1c2ccc2c(-c3ccc(-c4ccncc4)cc3)nc3ccncc3c21. The zero-order valence-electron chi connectivity index (χ0n) is 17.6. The van der Waals surface area contributed by atoms with Crippen molar-refractivity contribution >= 4 is 43.6 Å². The first kappa shape index (κ1) is 18.0. The molecule has 4 heterocycles. The Morgan fingerprint density at radius 3 is 2.15 bits per heavy atom. The molecule has 0 aliphatic heterocycles. The molecule has 7 rings (SSSR count). The molecule has 4 heteroatoms. The minimum Gasteiger partial charge on any atom is -0.455 e. The molecular formula is C29H17N3O. The van der Waals surface area contributed by atoms with Crippen LogP contribution in [-0.4, -0.2) is 15.0 Å². The lowest BCUT2D eigenvalue weighted by molar-refractivity contribution is 0.673. The second-order valence-corrected chi connectivity index (χ2v) is 8.13. The van der Waals surface area contributed by atoms with Gasteiger partial charge in [-0.25, -0.2) is 4.98 Å². The molecule has 33 heavy (non-hydrogen) atoms. The Morgan fingerprint density at radius 1 is 0.545 bits per heavy atom. The molecule has 0 saturated carbocycles. The predicted octanol–water partition coefficient (Wildman–Crippen LogP) is 7.41. The van der Waals surface area contributed by atoms with Gasteiger partial charge >= 0.3 is 0 Å². The van der Waals surface area contributed by atoms with Crippen molar-refractivity contribution in [2.24, 2.45) is 0 Å². The van der Waals surface area contributed by atoms with Gasteiger partial charge < -0.3 is 4.42 Å². The monoisotopic (exact) mass is 423 g/mol. The van der Waals surface area contributed by atoms with Gasteiger partial charge in [0, 0.05) is 57.3 Å².